The van der Waals surface area contributed by atoms with Crippen molar-refractivity contribution in [3.63, 3.8) is 0 Å². The molecule has 0 radical (unpaired) electrons. The molecule has 0 spiro atoms. The minimum absolute atomic E-state index is 0. The summed E-state index contributed by atoms with van der Waals surface area (Å²) in [5, 5.41) is 18.8. The van der Waals surface area contributed by atoms with Crippen LogP contribution >= 0.6 is 12.4 Å². The van der Waals surface area contributed by atoms with Gasteiger partial charge in [-0.2, -0.15) is 4.98 Å². The third kappa shape index (κ3) is 3.74. The number of fused-ring (bicyclic) bond motifs is 1. The molecule has 0 unspecified atom stereocenters. The van der Waals surface area contributed by atoms with E-state index in [1.165, 1.54) is 11.1 Å². The van der Waals surface area contributed by atoms with Crippen LogP contribution in [0.3, 0.4) is 0 Å². The van der Waals surface area contributed by atoms with Gasteiger partial charge in [-0.05, 0) is 59.1 Å². The largest absolute Gasteiger partial charge is 0.334 e. The Morgan fingerprint density at radius 3 is 2.86 bits per heavy atom. The standard InChI is InChI=1S/C19H18N8O.ClH/c1-12-17(16-6-7-20-8-15(16)9-21-12)18-23-19(28-24-18)14-4-2-13(3-5-14)10-27-11-22-25-26-27;/h2-5,9,11,20H,6-8,10H2,1H3;1H. The predicted octanol–water partition coefficient (Wildman–Crippen LogP) is 2.21. The van der Waals surface area contributed by atoms with Crippen molar-refractivity contribution in [1.29, 1.82) is 0 Å². The van der Waals surface area contributed by atoms with E-state index >= 15 is 0 Å². The summed E-state index contributed by atoms with van der Waals surface area (Å²) in [6, 6.07) is 7.94. The Bertz CT molecular complexity index is 1110. The van der Waals surface area contributed by atoms with E-state index in [1.807, 2.05) is 37.4 Å². The molecule has 5 rings (SSSR count). The zero-order chi connectivity index (χ0) is 18.9. The van der Waals surface area contributed by atoms with Crippen LogP contribution in [0.25, 0.3) is 22.8 Å². The quantitative estimate of drug-likeness (QED) is 0.545. The van der Waals surface area contributed by atoms with Gasteiger partial charge in [-0.15, -0.1) is 17.5 Å². The second-order valence-corrected chi connectivity index (χ2v) is 6.78. The number of nitrogens with zero attached hydrogens (tertiary/aromatic N) is 7. The van der Waals surface area contributed by atoms with E-state index in [-0.39, 0.29) is 12.4 Å². The number of aryl methyl sites for hydroxylation is 1. The van der Waals surface area contributed by atoms with Crippen molar-refractivity contribution in [2.24, 2.45) is 0 Å². The molecule has 10 heteroatoms. The van der Waals surface area contributed by atoms with Gasteiger partial charge in [0.15, 0.2) is 0 Å². The van der Waals surface area contributed by atoms with Crippen molar-refractivity contribution in [2.75, 3.05) is 6.54 Å². The second kappa shape index (κ2) is 8.06. The summed E-state index contributed by atoms with van der Waals surface area (Å²) in [4.78, 5) is 9.17. The summed E-state index contributed by atoms with van der Waals surface area (Å²) in [5.74, 6) is 1.09. The fourth-order valence-electron chi connectivity index (χ4n) is 3.50. The maximum absolute atomic E-state index is 5.55. The Balaban J connectivity index is 0.00000205. The zero-order valence-electron chi connectivity index (χ0n) is 15.7. The fraction of sp³-hybridized carbons (Fsp3) is 0.263. The second-order valence-electron chi connectivity index (χ2n) is 6.78. The first-order chi connectivity index (χ1) is 13.8. The van der Waals surface area contributed by atoms with Gasteiger partial charge < -0.3 is 9.84 Å². The van der Waals surface area contributed by atoms with Gasteiger partial charge in [0.2, 0.25) is 5.82 Å². The van der Waals surface area contributed by atoms with Crippen molar-refractivity contribution >= 4 is 12.4 Å². The van der Waals surface area contributed by atoms with Crippen LogP contribution in [0, 0.1) is 6.92 Å². The summed E-state index contributed by atoms with van der Waals surface area (Å²) < 4.78 is 7.22. The lowest BCUT2D eigenvalue weighted by Crippen LogP contribution is -2.24. The first-order valence-corrected chi connectivity index (χ1v) is 9.10. The Labute approximate surface area is 173 Å². The maximum atomic E-state index is 5.55. The first-order valence-electron chi connectivity index (χ1n) is 9.10. The molecule has 0 bridgehead atoms. The molecule has 1 aromatic carbocycles. The highest BCUT2D eigenvalue weighted by Gasteiger charge is 2.21. The van der Waals surface area contributed by atoms with Crippen molar-refractivity contribution in [3.8, 4) is 22.8 Å². The summed E-state index contributed by atoms with van der Waals surface area (Å²) in [6.07, 6.45) is 4.46. The number of benzene rings is 1. The highest BCUT2D eigenvalue weighted by molar-refractivity contribution is 5.85. The lowest BCUT2D eigenvalue weighted by molar-refractivity contribution is 0.432. The molecule has 0 aliphatic carbocycles. The third-order valence-corrected chi connectivity index (χ3v) is 4.92. The van der Waals surface area contributed by atoms with Crippen LogP contribution in [0.15, 0.2) is 41.3 Å². The van der Waals surface area contributed by atoms with E-state index < -0.39 is 0 Å². The molecular weight excluding hydrogens is 392 g/mol. The number of pyridine rings is 1. The molecule has 148 valence electrons. The molecule has 1 aliphatic heterocycles. The molecule has 4 aromatic rings. The van der Waals surface area contributed by atoms with E-state index in [0.29, 0.717) is 18.3 Å². The number of hydrogen-bond acceptors (Lipinski definition) is 8. The highest BCUT2D eigenvalue weighted by atomic mass is 35.5. The number of aromatic nitrogens is 7. The van der Waals surface area contributed by atoms with Crippen molar-refractivity contribution in [2.45, 2.75) is 26.4 Å². The lowest BCUT2D eigenvalue weighted by Gasteiger charge is -2.19. The summed E-state index contributed by atoms with van der Waals surface area (Å²) in [7, 11) is 0. The Hall–Kier alpha value is -3.17. The molecule has 29 heavy (non-hydrogen) atoms. The van der Waals surface area contributed by atoms with Crippen LogP contribution in [0.4, 0.5) is 0 Å². The SMILES string of the molecule is Cc1ncc2c(c1-c1noc(-c3ccc(Cn4cnnn4)cc3)n1)CCNC2.Cl. The van der Waals surface area contributed by atoms with Gasteiger partial charge in [-0.25, -0.2) is 4.68 Å². The van der Waals surface area contributed by atoms with Gasteiger partial charge in [0.1, 0.15) is 6.33 Å². The zero-order valence-corrected chi connectivity index (χ0v) is 16.6. The topological polar surface area (TPSA) is 107 Å². The van der Waals surface area contributed by atoms with Crippen molar-refractivity contribution in [1.82, 2.24) is 40.6 Å². The predicted molar refractivity (Wildman–Crippen MR) is 107 cm³/mol. The monoisotopic (exact) mass is 410 g/mol. The van der Waals surface area contributed by atoms with Crippen LogP contribution in [-0.4, -0.2) is 41.9 Å². The van der Waals surface area contributed by atoms with Gasteiger partial charge in [0, 0.05) is 29.6 Å². The van der Waals surface area contributed by atoms with Crippen molar-refractivity contribution < 1.29 is 4.52 Å². The molecule has 1 aliphatic rings. The molecule has 1 N–H and O–H groups in total. The van der Waals surface area contributed by atoms with Crippen LogP contribution < -0.4 is 5.32 Å². The number of tetrazole rings is 1. The number of rotatable bonds is 4. The average Bonchev–Trinajstić information content (AvgIpc) is 3.41. The summed E-state index contributed by atoms with van der Waals surface area (Å²) >= 11 is 0. The smallest absolute Gasteiger partial charge is 0.258 e. The molecule has 4 heterocycles. The van der Waals surface area contributed by atoms with Crippen LogP contribution in [0.5, 0.6) is 0 Å². The van der Waals surface area contributed by atoms with E-state index in [0.717, 1.165) is 41.9 Å². The van der Waals surface area contributed by atoms with E-state index in [9.17, 15) is 0 Å². The summed E-state index contributed by atoms with van der Waals surface area (Å²) in [6.45, 7) is 4.36. The fourth-order valence-corrected chi connectivity index (χ4v) is 3.50. The highest BCUT2D eigenvalue weighted by Crippen LogP contribution is 2.30. The molecule has 0 saturated heterocycles. The Morgan fingerprint density at radius 2 is 2.07 bits per heavy atom. The molecule has 0 saturated carbocycles. The van der Waals surface area contributed by atoms with Crippen LogP contribution in [0.1, 0.15) is 22.4 Å². The van der Waals surface area contributed by atoms with E-state index in [2.05, 4.69) is 36.0 Å². The number of nitrogens with one attached hydrogen (secondary N) is 1. The minimum atomic E-state index is 0. The van der Waals surface area contributed by atoms with Gasteiger partial charge in [-0.3, -0.25) is 4.98 Å². The van der Waals surface area contributed by atoms with Gasteiger partial charge in [-0.1, -0.05) is 17.3 Å². The lowest BCUT2D eigenvalue weighted by atomic mass is 9.95. The summed E-state index contributed by atoms with van der Waals surface area (Å²) in [5.41, 5.74) is 6.33. The Morgan fingerprint density at radius 1 is 1.21 bits per heavy atom. The van der Waals surface area contributed by atoms with E-state index in [4.69, 9.17) is 4.52 Å². The average molecular weight is 411 g/mol. The van der Waals surface area contributed by atoms with Gasteiger partial charge in [0.05, 0.1) is 6.54 Å². The molecule has 3 aromatic heterocycles. The molecular formula is C19H19ClN8O. The van der Waals surface area contributed by atoms with Crippen molar-refractivity contribution in [3.05, 3.63) is 59.2 Å². The third-order valence-electron chi connectivity index (χ3n) is 4.92. The minimum Gasteiger partial charge on any atom is -0.334 e. The molecule has 9 nitrogen and oxygen atoms in total. The van der Waals surface area contributed by atoms with Crippen LogP contribution in [-0.2, 0) is 19.5 Å². The maximum Gasteiger partial charge on any atom is 0.258 e. The number of hydrogen-bond donors (Lipinski definition) is 1. The normalized spacial score (nSPS) is 13.0. The number of halogens is 1. The molecule has 0 fully saturated rings. The van der Waals surface area contributed by atoms with E-state index in [1.54, 1.807) is 11.0 Å². The van der Waals surface area contributed by atoms with Gasteiger partial charge in [0.25, 0.3) is 5.89 Å². The first kappa shape index (κ1) is 19.2. The Kier molecular flexibility index (Phi) is 5.32. The van der Waals surface area contributed by atoms with Gasteiger partial charge >= 0.3 is 0 Å². The molecule has 0 atom stereocenters. The van der Waals surface area contributed by atoms with Crippen LogP contribution in [0.2, 0.25) is 0 Å². The molecule has 0 amide bonds.